The molecule has 10 nitrogen and oxygen atoms in total. The summed E-state index contributed by atoms with van der Waals surface area (Å²) in [5.74, 6) is -0.0275. The van der Waals surface area contributed by atoms with Crippen LogP contribution in [0.5, 0.6) is 5.88 Å². The van der Waals surface area contributed by atoms with Crippen LogP contribution in [-0.4, -0.2) is 77.8 Å². The predicted molar refractivity (Wildman–Crippen MR) is 136 cm³/mol. The zero-order valence-electron chi connectivity index (χ0n) is 21.4. The van der Waals surface area contributed by atoms with Gasteiger partial charge in [0.2, 0.25) is 5.88 Å². The Balaban J connectivity index is 1.22. The van der Waals surface area contributed by atoms with Crippen molar-refractivity contribution in [2.45, 2.75) is 62.5 Å². The molecule has 1 spiro atoms. The summed E-state index contributed by atoms with van der Waals surface area (Å²) >= 11 is 0. The number of H-pyrrole nitrogens is 1. The van der Waals surface area contributed by atoms with Crippen LogP contribution in [0.4, 0.5) is 4.39 Å². The standard InChI is InChI=1S/C25H35FN6O4S/c1-24(2)16(5-9-37(24,27)35)13-29-22(33)15-4-8-32(25(12-15)6-7-25)23(34)20-11-19(30-31-20)17-10-21(36-3)28-14-18(17)26/h10-11,14-16,22,27,29,33H,4-9,12-13H2,1-3H3,(H,30,31)/t15-,16-,22?,37-/m0/s1. The van der Waals surface area contributed by atoms with Crippen LogP contribution in [0.2, 0.25) is 0 Å². The third-order valence-electron chi connectivity index (χ3n) is 8.74. The van der Waals surface area contributed by atoms with Crippen molar-refractivity contribution in [3.05, 3.63) is 29.8 Å². The Hall–Kier alpha value is -2.57. The number of carbonyl (C=O) groups is 1. The van der Waals surface area contributed by atoms with E-state index in [4.69, 9.17) is 9.52 Å². The highest BCUT2D eigenvalue weighted by molar-refractivity contribution is 7.94. The van der Waals surface area contributed by atoms with Gasteiger partial charge in [0.1, 0.15) is 6.23 Å². The van der Waals surface area contributed by atoms with Crippen molar-refractivity contribution in [2.24, 2.45) is 11.8 Å². The second kappa shape index (κ2) is 9.32. The SMILES string of the molecule is COc1cc(-c2cc(C(=O)N3CC[C@H](C(O)NC[C@@H]4CC[S@](=N)(=O)C4(C)C)CC34CC4)n[nH]2)c(F)cn1. The summed E-state index contributed by atoms with van der Waals surface area (Å²) in [5.41, 5.74) is 0.511. The first-order chi connectivity index (χ1) is 17.5. The van der Waals surface area contributed by atoms with Crippen molar-refractivity contribution >= 4 is 15.6 Å². The summed E-state index contributed by atoms with van der Waals surface area (Å²) in [6, 6.07) is 3.00. The Bertz CT molecular complexity index is 1290. The van der Waals surface area contributed by atoms with E-state index in [0.29, 0.717) is 43.8 Å². The number of aliphatic hydroxyl groups is 1. The smallest absolute Gasteiger partial charge is 0.274 e. The van der Waals surface area contributed by atoms with Gasteiger partial charge in [-0.05, 0) is 57.9 Å². The van der Waals surface area contributed by atoms with E-state index in [-0.39, 0.29) is 40.4 Å². The number of hydrogen-bond donors (Lipinski definition) is 4. The molecule has 0 aromatic carbocycles. The van der Waals surface area contributed by atoms with E-state index in [0.717, 1.165) is 19.0 Å². The number of carbonyl (C=O) groups excluding carboxylic acids is 1. The highest BCUT2D eigenvalue weighted by atomic mass is 32.2. The maximum Gasteiger partial charge on any atom is 0.274 e. The average molecular weight is 535 g/mol. The Morgan fingerprint density at radius 3 is 2.81 bits per heavy atom. The van der Waals surface area contributed by atoms with Crippen LogP contribution < -0.4 is 10.1 Å². The number of rotatable bonds is 7. The van der Waals surface area contributed by atoms with Gasteiger partial charge in [0.15, 0.2) is 11.5 Å². The van der Waals surface area contributed by atoms with Gasteiger partial charge in [0.25, 0.3) is 5.91 Å². The van der Waals surface area contributed by atoms with Gasteiger partial charge in [-0.15, -0.1) is 0 Å². The molecule has 1 aliphatic carbocycles. The highest BCUT2D eigenvalue weighted by Gasteiger charge is 2.54. The molecule has 5 rings (SSSR count). The predicted octanol–water partition coefficient (Wildman–Crippen LogP) is 2.76. The van der Waals surface area contributed by atoms with Crippen LogP contribution >= 0.6 is 0 Å². The number of nitrogens with one attached hydrogen (secondary N) is 3. The molecule has 37 heavy (non-hydrogen) atoms. The highest BCUT2D eigenvalue weighted by Crippen LogP contribution is 2.51. The molecule has 1 saturated carbocycles. The van der Waals surface area contributed by atoms with Crippen LogP contribution in [0.25, 0.3) is 11.3 Å². The van der Waals surface area contributed by atoms with Crippen molar-refractivity contribution in [1.82, 2.24) is 25.4 Å². The third kappa shape index (κ3) is 4.63. The fourth-order valence-electron chi connectivity index (χ4n) is 5.85. The van der Waals surface area contributed by atoms with Crippen LogP contribution in [0, 0.1) is 22.4 Å². The number of amides is 1. The quantitative estimate of drug-likeness (QED) is 0.400. The number of halogens is 1. The number of methoxy groups -OCH3 is 1. The van der Waals surface area contributed by atoms with Gasteiger partial charge in [0, 0.05) is 51.7 Å². The molecular formula is C25H35FN6O4S. The fourth-order valence-corrected chi connectivity index (χ4v) is 7.73. The van der Waals surface area contributed by atoms with E-state index < -0.39 is 26.5 Å². The van der Waals surface area contributed by atoms with Gasteiger partial charge in [-0.1, -0.05) is 0 Å². The molecule has 3 fully saturated rings. The van der Waals surface area contributed by atoms with Crippen LogP contribution in [0.15, 0.2) is 18.3 Å². The minimum Gasteiger partial charge on any atom is -0.481 e. The topological polar surface area (TPSA) is 144 Å². The number of aliphatic hydroxyl groups excluding tert-OH is 1. The lowest BCUT2D eigenvalue weighted by molar-refractivity contribution is 0.00399. The zero-order valence-corrected chi connectivity index (χ0v) is 22.2. The molecule has 4 atom stereocenters. The monoisotopic (exact) mass is 534 g/mol. The van der Waals surface area contributed by atoms with E-state index in [2.05, 4.69) is 20.5 Å². The first-order valence-corrected chi connectivity index (χ1v) is 14.4. The summed E-state index contributed by atoms with van der Waals surface area (Å²) in [7, 11) is -1.18. The Kier molecular flexibility index (Phi) is 6.56. The number of pyridine rings is 1. The number of nitrogens with zero attached hydrogens (tertiary/aromatic N) is 3. The minimum atomic E-state index is -2.62. The molecule has 0 radical (unpaired) electrons. The van der Waals surface area contributed by atoms with Gasteiger partial charge in [-0.25, -0.2) is 13.6 Å². The first kappa shape index (κ1) is 26.1. The normalized spacial score (nSPS) is 28.8. The first-order valence-electron chi connectivity index (χ1n) is 12.7. The lowest BCUT2D eigenvalue weighted by Crippen LogP contribution is -2.52. The number of piperidine rings is 1. The van der Waals surface area contributed by atoms with Crippen LogP contribution in [-0.2, 0) is 9.73 Å². The molecule has 202 valence electrons. The maximum atomic E-state index is 14.3. The van der Waals surface area contributed by atoms with E-state index in [9.17, 15) is 18.5 Å². The van der Waals surface area contributed by atoms with Crippen molar-refractivity contribution < 1.29 is 23.2 Å². The van der Waals surface area contributed by atoms with Gasteiger partial charge in [-0.2, -0.15) is 5.10 Å². The number of aromatic nitrogens is 3. The van der Waals surface area contributed by atoms with E-state index in [1.807, 2.05) is 18.7 Å². The molecule has 4 heterocycles. The molecular weight excluding hydrogens is 499 g/mol. The summed E-state index contributed by atoms with van der Waals surface area (Å²) in [4.78, 5) is 19.1. The molecule has 2 aromatic rings. The molecule has 12 heteroatoms. The third-order valence-corrected chi connectivity index (χ3v) is 11.6. The molecule has 2 aromatic heterocycles. The Morgan fingerprint density at radius 2 is 2.16 bits per heavy atom. The van der Waals surface area contributed by atoms with E-state index >= 15 is 0 Å². The summed E-state index contributed by atoms with van der Waals surface area (Å²) in [6.07, 6.45) is 4.11. The zero-order chi connectivity index (χ0) is 26.6. The molecule has 0 bridgehead atoms. The second-order valence-corrected chi connectivity index (χ2v) is 13.9. The summed E-state index contributed by atoms with van der Waals surface area (Å²) in [6.45, 7) is 4.79. The lowest BCUT2D eigenvalue weighted by Gasteiger charge is -2.42. The summed E-state index contributed by atoms with van der Waals surface area (Å²) in [5, 5.41) is 21.1. The molecule has 1 unspecified atom stereocenters. The molecule has 4 N–H and O–H groups in total. The maximum absolute atomic E-state index is 14.3. The number of aromatic amines is 1. The number of likely N-dealkylation sites (tertiary alicyclic amines) is 1. The molecule has 1 amide bonds. The molecule has 2 saturated heterocycles. The molecule has 2 aliphatic heterocycles. The van der Waals surface area contributed by atoms with Crippen LogP contribution in [0.1, 0.15) is 56.4 Å². The van der Waals surface area contributed by atoms with Crippen molar-refractivity contribution in [3.63, 3.8) is 0 Å². The Labute approximate surface area is 216 Å². The average Bonchev–Trinajstić information content (AvgIpc) is 3.37. The minimum absolute atomic E-state index is 0.00968. The van der Waals surface area contributed by atoms with Gasteiger partial charge >= 0.3 is 0 Å². The van der Waals surface area contributed by atoms with Crippen LogP contribution in [0.3, 0.4) is 0 Å². The van der Waals surface area contributed by atoms with Gasteiger partial charge in [0.05, 0.1) is 23.7 Å². The fraction of sp³-hybridized carbons (Fsp3) is 0.640. The number of hydrogen-bond acceptors (Lipinski definition) is 8. The van der Waals surface area contributed by atoms with E-state index in [1.54, 1.807) is 6.07 Å². The lowest BCUT2D eigenvalue weighted by atomic mass is 9.86. The van der Waals surface area contributed by atoms with Crippen molar-refractivity contribution in [1.29, 1.82) is 4.78 Å². The van der Waals surface area contributed by atoms with Gasteiger partial charge < -0.3 is 14.7 Å². The van der Waals surface area contributed by atoms with E-state index in [1.165, 1.54) is 13.2 Å². The number of ether oxygens (including phenoxy) is 1. The molecule has 3 aliphatic rings. The largest absolute Gasteiger partial charge is 0.481 e. The van der Waals surface area contributed by atoms with Gasteiger partial charge in [-0.3, -0.25) is 20.0 Å². The Morgan fingerprint density at radius 1 is 1.41 bits per heavy atom. The second-order valence-electron chi connectivity index (χ2n) is 11.1. The van der Waals surface area contributed by atoms with Crippen molar-refractivity contribution in [3.8, 4) is 17.1 Å². The summed E-state index contributed by atoms with van der Waals surface area (Å²) < 4.78 is 39.5. The van der Waals surface area contributed by atoms with Crippen molar-refractivity contribution in [2.75, 3.05) is 26.0 Å².